The number of rotatable bonds is 0. The van der Waals surface area contributed by atoms with Crippen molar-refractivity contribution in [1.29, 1.82) is 0 Å². The van der Waals surface area contributed by atoms with Crippen molar-refractivity contribution in [2.45, 2.75) is 0 Å². The van der Waals surface area contributed by atoms with Gasteiger partial charge in [-0.1, -0.05) is 6.08 Å². The van der Waals surface area contributed by atoms with Crippen LogP contribution in [0.15, 0.2) is 23.5 Å². The van der Waals surface area contributed by atoms with Gasteiger partial charge >= 0.3 is 0 Å². The third-order valence-corrected chi connectivity index (χ3v) is 1.41. The second-order valence-corrected chi connectivity index (χ2v) is 1.98. The van der Waals surface area contributed by atoms with Crippen molar-refractivity contribution < 1.29 is 0 Å². The lowest BCUT2D eigenvalue weighted by Gasteiger charge is -1.77. The van der Waals surface area contributed by atoms with Crippen molar-refractivity contribution in [2.75, 3.05) is 6.54 Å². The quantitative estimate of drug-likeness (QED) is 0.450. The van der Waals surface area contributed by atoms with Gasteiger partial charge in [0.15, 0.2) is 0 Å². The summed E-state index contributed by atoms with van der Waals surface area (Å²) in [6, 6.07) is 1.98. The Morgan fingerprint density at radius 1 is 1.44 bits per heavy atom. The summed E-state index contributed by atoms with van der Waals surface area (Å²) in [5.41, 5.74) is 0. The molecule has 2 heteroatoms. The molecule has 44 valence electrons. The average molecular weight is 118 g/mol. The summed E-state index contributed by atoms with van der Waals surface area (Å²) in [5.74, 6) is 0. The van der Waals surface area contributed by atoms with Crippen LogP contribution in [0, 0.1) is 0 Å². The zero-order valence-corrected chi connectivity index (χ0v) is 4.91. The third kappa shape index (κ3) is 0.633. The fraction of sp³-hybridized carbons (Fsp3) is 0.143. The Labute approximate surface area is 52.6 Å². The van der Waals surface area contributed by atoms with E-state index in [4.69, 9.17) is 0 Å². The molecule has 2 rings (SSSR count). The van der Waals surface area contributed by atoms with Crippen molar-refractivity contribution in [3.8, 4) is 0 Å². The molecular weight excluding hydrogens is 112 g/mol. The van der Waals surface area contributed by atoms with Gasteiger partial charge in [0.1, 0.15) is 0 Å². The number of nitrogens with zero attached hydrogens (tertiary/aromatic N) is 2. The minimum absolute atomic E-state index is 0.820. The number of hydrogen-bond acceptors (Lipinski definition) is 2. The Balaban J connectivity index is 2.97. The molecule has 1 aromatic heterocycles. The van der Waals surface area contributed by atoms with Crippen LogP contribution in [0.3, 0.4) is 0 Å². The van der Waals surface area contributed by atoms with Crippen molar-refractivity contribution in [3.63, 3.8) is 0 Å². The van der Waals surface area contributed by atoms with Crippen LogP contribution >= 0.6 is 0 Å². The molecule has 0 fully saturated rings. The molecule has 1 aliphatic heterocycles. The summed E-state index contributed by atoms with van der Waals surface area (Å²) < 4.78 is 0. The third-order valence-electron chi connectivity index (χ3n) is 1.41. The van der Waals surface area contributed by atoms with E-state index >= 15 is 0 Å². The molecule has 0 saturated heterocycles. The van der Waals surface area contributed by atoms with E-state index < -0.39 is 0 Å². The first-order chi connectivity index (χ1) is 4.47. The molecule has 0 N–H and O–H groups in total. The van der Waals surface area contributed by atoms with Crippen molar-refractivity contribution in [2.24, 2.45) is 4.99 Å². The molecule has 0 atom stereocenters. The number of pyridine rings is 1. The van der Waals surface area contributed by atoms with Crippen LogP contribution in [0.2, 0.25) is 0 Å². The van der Waals surface area contributed by atoms with Gasteiger partial charge in [0.25, 0.3) is 0 Å². The lowest BCUT2D eigenvalue weighted by molar-refractivity contribution is 1.17. The highest BCUT2D eigenvalue weighted by Gasteiger charge is 1.89. The van der Waals surface area contributed by atoms with E-state index in [1.165, 1.54) is 5.22 Å². The monoisotopic (exact) mass is 118 g/mol. The van der Waals surface area contributed by atoms with Gasteiger partial charge in [-0.25, -0.2) is 0 Å². The molecule has 0 bridgehead atoms. The maximum Gasteiger partial charge on any atom is 0.0831 e. The Morgan fingerprint density at radius 2 is 2.44 bits per heavy atom. The van der Waals surface area contributed by atoms with Gasteiger partial charge < -0.3 is 0 Å². The van der Waals surface area contributed by atoms with Crippen LogP contribution in [-0.2, 0) is 0 Å². The summed E-state index contributed by atoms with van der Waals surface area (Å²) in [6.07, 6.45) is 5.67. The second-order valence-electron chi connectivity index (χ2n) is 1.98. The number of hydrogen-bond donors (Lipinski definition) is 0. The Morgan fingerprint density at radius 3 is 3.33 bits per heavy atom. The second kappa shape index (κ2) is 1.65. The molecule has 0 aromatic carbocycles. The zero-order chi connectivity index (χ0) is 6.10. The van der Waals surface area contributed by atoms with E-state index in [9.17, 15) is 0 Å². The molecular formula is C7H6N2. The Bertz CT molecular complexity index is 294. The highest BCUT2D eigenvalue weighted by Crippen LogP contribution is 1.75. The normalized spacial score (nSPS) is 13.8. The fourth-order valence-electron chi connectivity index (χ4n) is 0.944. The van der Waals surface area contributed by atoms with E-state index in [-0.39, 0.29) is 0 Å². The van der Waals surface area contributed by atoms with Crippen LogP contribution in [0.25, 0.3) is 6.08 Å². The maximum atomic E-state index is 4.18. The Hall–Kier alpha value is -1.18. The fourth-order valence-corrected chi connectivity index (χ4v) is 0.944. The minimum Gasteiger partial charge on any atom is -0.279 e. The van der Waals surface area contributed by atoms with Crippen LogP contribution in [0.5, 0.6) is 0 Å². The number of fused-ring (bicyclic) bond motifs is 1. The van der Waals surface area contributed by atoms with Gasteiger partial charge in [-0.05, 0) is 6.07 Å². The molecule has 0 radical (unpaired) electrons. The Kier molecular flexibility index (Phi) is 0.859. The molecule has 0 unspecified atom stereocenters. The van der Waals surface area contributed by atoms with E-state index in [0.717, 1.165) is 11.9 Å². The summed E-state index contributed by atoms with van der Waals surface area (Å²) in [5, 5.41) is 2.24. The van der Waals surface area contributed by atoms with Gasteiger partial charge in [0.2, 0.25) is 0 Å². The molecule has 2 heterocycles. The van der Waals surface area contributed by atoms with E-state index in [0.29, 0.717) is 0 Å². The highest BCUT2D eigenvalue weighted by molar-refractivity contribution is 5.27. The summed E-state index contributed by atoms with van der Waals surface area (Å²) in [4.78, 5) is 8.12. The lowest BCUT2D eigenvalue weighted by atomic mass is 10.4. The average Bonchev–Trinajstić information content (AvgIpc) is 2.33. The summed E-state index contributed by atoms with van der Waals surface area (Å²) >= 11 is 0. The maximum absolute atomic E-state index is 4.18. The topological polar surface area (TPSA) is 25.2 Å². The first kappa shape index (κ1) is 4.68. The van der Waals surface area contributed by atoms with Crippen LogP contribution in [0.4, 0.5) is 0 Å². The molecule has 1 aromatic rings. The first-order valence-electron chi connectivity index (χ1n) is 2.91. The number of aromatic nitrogens is 1. The summed E-state index contributed by atoms with van der Waals surface area (Å²) in [7, 11) is 0. The van der Waals surface area contributed by atoms with Gasteiger partial charge in [-0.2, -0.15) is 0 Å². The van der Waals surface area contributed by atoms with Crippen LogP contribution in [-0.4, -0.2) is 11.5 Å². The predicted octanol–water partition coefficient (Wildman–Crippen LogP) is -0.505. The standard InChI is InChI=1S/C7H6N2/c1-3-8-5-7-6(1)2-4-9-7/h1-3,5H,4H2. The minimum atomic E-state index is 0.820. The van der Waals surface area contributed by atoms with Crippen molar-refractivity contribution in [3.05, 3.63) is 29.0 Å². The lowest BCUT2D eigenvalue weighted by Crippen LogP contribution is -2.20. The molecule has 0 saturated carbocycles. The van der Waals surface area contributed by atoms with Gasteiger partial charge in [-0.3, -0.25) is 9.98 Å². The molecule has 1 aliphatic rings. The van der Waals surface area contributed by atoms with Crippen LogP contribution < -0.4 is 10.6 Å². The van der Waals surface area contributed by atoms with Crippen molar-refractivity contribution >= 4 is 6.08 Å². The van der Waals surface area contributed by atoms with Crippen LogP contribution in [0.1, 0.15) is 0 Å². The first-order valence-corrected chi connectivity index (χ1v) is 2.91. The van der Waals surface area contributed by atoms with Gasteiger partial charge in [0, 0.05) is 11.4 Å². The summed E-state index contributed by atoms with van der Waals surface area (Å²) in [6.45, 7) is 0.820. The van der Waals surface area contributed by atoms with Gasteiger partial charge in [-0.15, -0.1) is 0 Å². The van der Waals surface area contributed by atoms with Crippen molar-refractivity contribution in [1.82, 2.24) is 4.98 Å². The zero-order valence-electron chi connectivity index (χ0n) is 4.91. The smallest absolute Gasteiger partial charge is 0.0831 e. The van der Waals surface area contributed by atoms with E-state index in [1.807, 2.05) is 6.07 Å². The highest BCUT2D eigenvalue weighted by atomic mass is 14.7. The largest absolute Gasteiger partial charge is 0.279 e. The predicted molar refractivity (Wildman–Crippen MR) is 34.4 cm³/mol. The molecule has 0 aliphatic carbocycles. The SMILES string of the molecule is C1=c2ccncc2=NC1. The molecule has 0 spiro atoms. The molecule has 0 amide bonds. The molecule has 9 heavy (non-hydrogen) atoms. The van der Waals surface area contributed by atoms with E-state index in [2.05, 4.69) is 16.1 Å². The van der Waals surface area contributed by atoms with E-state index in [1.54, 1.807) is 12.4 Å². The molecule has 2 nitrogen and oxygen atoms in total. The van der Waals surface area contributed by atoms with Gasteiger partial charge in [0.05, 0.1) is 18.1 Å².